The molecule has 2 rings (SSSR count). The predicted molar refractivity (Wildman–Crippen MR) is 67.5 cm³/mol. The lowest BCUT2D eigenvalue weighted by Crippen LogP contribution is -2.40. The summed E-state index contributed by atoms with van der Waals surface area (Å²) in [4.78, 5) is 25.2. The first-order chi connectivity index (χ1) is 8.72. The fourth-order valence-corrected chi connectivity index (χ4v) is 2.29. The maximum atomic E-state index is 12.2. The molecule has 0 radical (unpaired) electrons. The van der Waals surface area contributed by atoms with Crippen LogP contribution in [-0.4, -0.2) is 37.0 Å². The SMILES string of the molecule is COC(=O)N1CCC(C(=O)c2ccccc2)CC1. The Morgan fingerprint density at radius 2 is 1.78 bits per heavy atom. The van der Waals surface area contributed by atoms with Gasteiger partial charge in [0.25, 0.3) is 0 Å². The van der Waals surface area contributed by atoms with Crippen molar-refractivity contribution in [3.63, 3.8) is 0 Å². The average molecular weight is 247 g/mol. The highest BCUT2D eigenvalue weighted by Crippen LogP contribution is 2.22. The summed E-state index contributed by atoms with van der Waals surface area (Å²) in [5.41, 5.74) is 0.758. The lowest BCUT2D eigenvalue weighted by Gasteiger charge is -2.30. The van der Waals surface area contributed by atoms with Crippen LogP contribution < -0.4 is 0 Å². The van der Waals surface area contributed by atoms with Crippen molar-refractivity contribution in [2.45, 2.75) is 12.8 Å². The Bertz CT molecular complexity index is 422. The molecule has 0 N–H and O–H groups in total. The number of ether oxygens (including phenoxy) is 1. The number of benzene rings is 1. The van der Waals surface area contributed by atoms with Crippen LogP contribution in [0.2, 0.25) is 0 Å². The average Bonchev–Trinajstić information content (AvgIpc) is 2.47. The number of hydrogen-bond acceptors (Lipinski definition) is 3. The number of piperidine rings is 1. The van der Waals surface area contributed by atoms with Gasteiger partial charge in [0.2, 0.25) is 0 Å². The van der Waals surface area contributed by atoms with Gasteiger partial charge in [-0.25, -0.2) is 4.79 Å². The number of Topliss-reactive ketones (excluding diaryl/α,β-unsaturated/α-hetero) is 1. The van der Waals surface area contributed by atoms with Crippen molar-refractivity contribution >= 4 is 11.9 Å². The molecule has 1 aromatic rings. The highest BCUT2D eigenvalue weighted by atomic mass is 16.5. The van der Waals surface area contributed by atoms with Gasteiger partial charge in [-0.1, -0.05) is 30.3 Å². The first kappa shape index (κ1) is 12.6. The maximum absolute atomic E-state index is 12.2. The van der Waals surface area contributed by atoms with Gasteiger partial charge in [0, 0.05) is 24.6 Å². The van der Waals surface area contributed by atoms with Crippen molar-refractivity contribution in [3.05, 3.63) is 35.9 Å². The van der Waals surface area contributed by atoms with E-state index in [9.17, 15) is 9.59 Å². The van der Waals surface area contributed by atoms with E-state index in [4.69, 9.17) is 0 Å². The van der Waals surface area contributed by atoms with Gasteiger partial charge in [0.05, 0.1) is 7.11 Å². The van der Waals surface area contributed by atoms with Gasteiger partial charge in [0.1, 0.15) is 0 Å². The number of hydrogen-bond donors (Lipinski definition) is 0. The molecule has 0 saturated carbocycles. The molecule has 0 aliphatic carbocycles. The van der Waals surface area contributed by atoms with Crippen LogP contribution in [0.4, 0.5) is 4.79 Å². The zero-order valence-electron chi connectivity index (χ0n) is 10.5. The molecule has 18 heavy (non-hydrogen) atoms. The molecule has 1 heterocycles. The molecule has 4 heteroatoms. The monoisotopic (exact) mass is 247 g/mol. The minimum absolute atomic E-state index is 0.0216. The fourth-order valence-electron chi connectivity index (χ4n) is 2.29. The third kappa shape index (κ3) is 2.70. The summed E-state index contributed by atoms with van der Waals surface area (Å²) in [5.74, 6) is 0.202. The van der Waals surface area contributed by atoms with Crippen LogP contribution in [0.5, 0.6) is 0 Å². The topological polar surface area (TPSA) is 46.6 Å². The van der Waals surface area contributed by atoms with E-state index in [1.54, 1.807) is 4.90 Å². The van der Waals surface area contributed by atoms with Crippen LogP contribution >= 0.6 is 0 Å². The molecule has 0 spiro atoms. The van der Waals surface area contributed by atoms with Crippen LogP contribution in [0, 0.1) is 5.92 Å². The van der Waals surface area contributed by atoms with Crippen molar-refractivity contribution in [3.8, 4) is 0 Å². The number of methoxy groups -OCH3 is 1. The molecule has 0 aromatic heterocycles. The lowest BCUT2D eigenvalue weighted by atomic mass is 9.89. The number of ketones is 1. The third-order valence-electron chi connectivity index (χ3n) is 3.36. The number of nitrogens with zero attached hydrogens (tertiary/aromatic N) is 1. The zero-order chi connectivity index (χ0) is 13.0. The summed E-state index contributed by atoms with van der Waals surface area (Å²) in [6, 6.07) is 9.33. The van der Waals surface area contributed by atoms with E-state index < -0.39 is 0 Å². The highest BCUT2D eigenvalue weighted by molar-refractivity contribution is 5.97. The molecular weight excluding hydrogens is 230 g/mol. The second-order valence-corrected chi connectivity index (χ2v) is 4.46. The summed E-state index contributed by atoms with van der Waals surface area (Å²) >= 11 is 0. The van der Waals surface area contributed by atoms with E-state index >= 15 is 0 Å². The molecule has 0 bridgehead atoms. The molecule has 0 atom stereocenters. The predicted octanol–water partition coefficient (Wildman–Crippen LogP) is 2.35. The van der Waals surface area contributed by atoms with Crippen LogP contribution in [0.3, 0.4) is 0 Å². The number of amides is 1. The van der Waals surface area contributed by atoms with E-state index in [0.29, 0.717) is 25.9 Å². The second-order valence-electron chi connectivity index (χ2n) is 4.46. The largest absolute Gasteiger partial charge is 0.453 e. The van der Waals surface area contributed by atoms with E-state index in [-0.39, 0.29) is 17.8 Å². The fraction of sp³-hybridized carbons (Fsp3) is 0.429. The first-order valence-electron chi connectivity index (χ1n) is 6.14. The third-order valence-corrected chi connectivity index (χ3v) is 3.36. The minimum Gasteiger partial charge on any atom is -0.453 e. The van der Waals surface area contributed by atoms with E-state index in [2.05, 4.69) is 4.74 Å². The van der Waals surface area contributed by atoms with E-state index in [0.717, 1.165) is 5.56 Å². The minimum atomic E-state index is -0.305. The molecule has 1 saturated heterocycles. The lowest BCUT2D eigenvalue weighted by molar-refractivity contribution is 0.0793. The van der Waals surface area contributed by atoms with Crippen molar-refractivity contribution in [1.29, 1.82) is 0 Å². The van der Waals surface area contributed by atoms with Gasteiger partial charge in [-0.15, -0.1) is 0 Å². The summed E-state index contributed by atoms with van der Waals surface area (Å²) in [7, 11) is 1.38. The second kappa shape index (κ2) is 5.67. The Morgan fingerprint density at radius 1 is 1.17 bits per heavy atom. The van der Waals surface area contributed by atoms with Gasteiger partial charge >= 0.3 is 6.09 Å². The number of rotatable bonds is 2. The molecule has 96 valence electrons. The standard InChI is InChI=1S/C14H17NO3/c1-18-14(17)15-9-7-12(8-10-15)13(16)11-5-3-2-4-6-11/h2-6,12H,7-10H2,1H3. The number of carbonyl (C=O) groups is 2. The van der Waals surface area contributed by atoms with Crippen molar-refractivity contribution in [1.82, 2.24) is 4.90 Å². The van der Waals surface area contributed by atoms with Crippen LogP contribution in [-0.2, 0) is 4.74 Å². The number of carbonyl (C=O) groups excluding carboxylic acids is 2. The summed E-state index contributed by atoms with van der Waals surface area (Å²) in [6.45, 7) is 1.19. The Labute approximate surface area is 107 Å². The summed E-state index contributed by atoms with van der Waals surface area (Å²) in [5, 5.41) is 0. The number of likely N-dealkylation sites (tertiary alicyclic amines) is 1. The quantitative estimate of drug-likeness (QED) is 0.754. The smallest absolute Gasteiger partial charge is 0.409 e. The van der Waals surface area contributed by atoms with Crippen molar-refractivity contribution in [2.75, 3.05) is 20.2 Å². The molecule has 1 aliphatic rings. The Kier molecular flexibility index (Phi) is 3.97. The van der Waals surface area contributed by atoms with Crippen LogP contribution in [0.1, 0.15) is 23.2 Å². The summed E-state index contributed by atoms with van der Waals surface area (Å²) < 4.78 is 4.67. The van der Waals surface area contributed by atoms with Gasteiger partial charge < -0.3 is 9.64 Å². The zero-order valence-corrected chi connectivity index (χ0v) is 10.5. The van der Waals surface area contributed by atoms with Crippen molar-refractivity contribution in [2.24, 2.45) is 5.92 Å². The highest BCUT2D eigenvalue weighted by Gasteiger charge is 2.28. The molecule has 0 unspecified atom stereocenters. The Morgan fingerprint density at radius 3 is 2.33 bits per heavy atom. The molecule has 1 fully saturated rings. The van der Waals surface area contributed by atoms with Gasteiger partial charge in [-0.2, -0.15) is 0 Å². The first-order valence-corrected chi connectivity index (χ1v) is 6.14. The van der Waals surface area contributed by atoms with Gasteiger partial charge in [0.15, 0.2) is 5.78 Å². The van der Waals surface area contributed by atoms with Gasteiger partial charge in [-0.05, 0) is 12.8 Å². The van der Waals surface area contributed by atoms with Crippen LogP contribution in [0.15, 0.2) is 30.3 Å². The Hall–Kier alpha value is -1.84. The van der Waals surface area contributed by atoms with E-state index in [1.807, 2.05) is 30.3 Å². The summed E-state index contributed by atoms with van der Waals surface area (Å²) in [6.07, 6.45) is 1.12. The molecule has 4 nitrogen and oxygen atoms in total. The molecule has 1 amide bonds. The molecule has 1 aliphatic heterocycles. The van der Waals surface area contributed by atoms with Crippen LogP contribution in [0.25, 0.3) is 0 Å². The molecule has 1 aromatic carbocycles. The van der Waals surface area contributed by atoms with Crippen molar-refractivity contribution < 1.29 is 14.3 Å². The molecular formula is C14H17NO3. The van der Waals surface area contributed by atoms with E-state index in [1.165, 1.54) is 7.11 Å². The maximum Gasteiger partial charge on any atom is 0.409 e. The van der Waals surface area contributed by atoms with Gasteiger partial charge in [-0.3, -0.25) is 4.79 Å². The normalized spacial score (nSPS) is 16.4. The Balaban J connectivity index is 1.94.